The molecule has 2 aromatic rings. The van der Waals surface area contributed by atoms with Crippen LogP contribution in [0.5, 0.6) is 5.88 Å². The van der Waals surface area contributed by atoms with Crippen molar-refractivity contribution in [3.63, 3.8) is 0 Å². The molecule has 1 saturated heterocycles. The standard InChI is InChI=1S/C19H25N3O3S/c1-2-6-16-17(23)20-19(26-14-11-21-9-12-25-13-10-21)22(18(16)24)15-7-4-3-5-8-15/h3-5,7-8,23H,2,6,9-14H2,1H3/p+1. The second-order valence-corrected chi connectivity index (χ2v) is 7.45. The Morgan fingerprint density at radius 2 is 2.00 bits per heavy atom. The molecule has 1 aromatic heterocycles. The molecule has 0 aliphatic carbocycles. The molecular formula is C19H26N3O3S+. The fourth-order valence-electron chi connectivity index (χ4n) is 3.09. The van der Waals surface area contributed by atoms with Gasteiger partial charge >= 0.3 is 0 Å². The Morgan fingerprint density at radius 3 is 2.69 bits per heavy atom. The summed E-state index contributed by atoms with van der Waals surface area (Å²) in [4.78, 5) is 18.9. The van der Waals surface area contributed by atoms with Crippen molar-refractivity contribution in [2.75, 3.05) is 38.6 Å². The maximum Gasteiger partial charge on any atom is 0.265 e. The number of para-hydroxylation sites is 1. The van der Waals surface area contributed by atoms with E-state index in [1.807, 2.05) is 37.3 Å². The summed E-state index contributed by atoms with van der Waals surface area (Å²) in [6.45, 7) is 6.61. The highest BCUT2D eigenvalue weighted by atomic mass is 32.2. The van der Waals surface area contributed by atoms with Crippen LogP contribution in [0.2, 0.25) is 0 Å². The monoisotopic (exact) mass is 376 g/mol. The number of aromatic nitrogens is 2. The summed E-state index contributed by atoms with van der Waals surface area (Å²) in [5, 5.41) is 10.8. The normalized spacial score (nSPS) is 15.3. The molecule has 2 heterocycles. The van der Waals surface area contributed by atoms with Crippen molar-refractivity contribution in [2.24, 2.45) is 0 Å². The third kappa shape index (κ3) is 4.47. The summed E-state index contributed by atoms with van der Waals surface area (Å²) >= 11 is 1.52. The van der Waals surface area contributed by atoms with Gasteiger partial charge in [0.2, 0.25) is 5.88 Å². The van der Waals surface area contributed by atoms with Crippen molar-refractivity contribution in [1.29, 1.82) is 0 Å². The highest BCUT2D eigenvalue weighted by molar-refractivity contribution is 7.99. The first-order valence-electron chi connectivity index (χ1n) is 9.15. The Balaban J connectivity index is 1.86. The summed E-state index contributed by atoms with van der Waals surface area (Å²) in [6, 6.07) is 9.52. The van der Waals surface area contributed by atoms with Gasteiger partial charge < -0.3 is 14.7 Å². The lowest BCUT2D eigenvalue weighted by molar-refractivity contribution is -0.905. The van der Waals surface area contributed by atoms with Crippen LogP contribution >= 0.6 is 11.8 Å². The lowest BCUT2D eigenvalue weighted by Gasteiger charge is -2.23. The number of hydrogen-bond acceptors (Lipinski definition) is 5. The fourth-order valence-corrected chi connectivity index (χ4v) is 4.13. The van der Waals surface area contributed by atoms with Crippen LogP contribution in [0.15, 0.2) is 40.3 Å². The molecule has 140 valence electrons. The lowest BCUT2D eigenvalue weighted by Crippen LogP contribution is -3.14. The molecule has 2 N–H and O–H groups in total. The van der Waals surface area contributed by atoms with Gasteiger partial charge in [-0.1, -0.05) is 43.3 Å². The number of benzene rings is 1. The Labute approximate surface area is 157 Å². The molecule has 1 fully saturated rings. The average molecular weight is 377 g/mol. The van der Waals surface area contributed by atoms with Gasteiger partial charge in [-0.05, 0) is 18.6 Å². The van der Waals surface area contributed by atoms with Gasteiger partial charge in [0.15, 0.2) is 5.16 Å². The summed E-state index contributed by atoms with van der Waals surface area (Å²) in [7, 11) is 0. The van der Waals surface area contributed by atoms with Gasteiger partial charge in [-0.15, -0.1) is 0 Å². The van der Waals surface area contributed by atoms with Crippen LogP contribution in [-0.4, -0.2) is 53.3 Å². The number of thioether (sulfide) groups is 1. The maximum absolute atomic E-state index is 13.0. The van der Waals surface area contributed by atoms with Crippen molar-refractivity contribution in [2.45, 2.75) is 24.9 Å². The molecule has 3 rings (SSSR count). The number of morpholine rings is 1. The molecule has 0 radical (unpaired) electrons. The predicted molar refractivity (Wildman–Crippen MR) is 103 cm³/mol. The second-order valence-electron chi connectivity index (χ2n) is 6.38. The molecule has 0 atom stereocenters. The first kappa shape index (κ1) is 18.9. The van der Waals surface area contributed by atoms with E-state index >= 15 is 0 Å². The Morgan fingerprint density at radius 1 is 1.27 bits per heavy atom. The smallest absolute Gasteiger partial charge is 0.265 e. The van der Waals surface area contributed by atoms with Gasteiger partial charge in [0.05, 0.1) is 36.8 Å². The Kier molecular flexibility index (Phi) is 6.71. The maximum atomic E-state index is 13.0. The van der Waals surface area contributed by atoms with Crippen LogP contribution in [-0.2, 0) is 11.2 Å². The summed E-state index contributed by atoms with van der Waals surface area (Å²) in [6.07, 6.45) is 1.31. The van der Waals surface area contributed by atoms with Gasteiger partial charge in [0.25, 0.3) is 5.56 Å². The van der Waals surface area contributed by atoms with Crippen molar-refractivity contribution in [1.82, 2.24) is 9.55 Å². The molecule has 0 bridgehead atoms. The van der Waals surface area contributed by atoms with Crippen LogP contribution < -0.4 is 10.5 Å². The molecule has 1 aliphatic heterocycles. The number of hydrogen-bond donors (Lipinski definition) is 2. The van der Waals surface area contributed by atoms with Crippen LogP contribution in [0.3, 0.4) is 0 Å². The topological polar surface area (TPSA) is 68.8 Å². The van der Waals surface area contributed by atoms with E-state index in [0.29, 0.717) is 17.1 Å². The van der Waals surface area contributed by atoms with E-state index in [9.17, 15) is 9.90 Å². The SMILES string of the molecule is CCCc1c(O)nc(SCC[NH+]2CCOCC2)n(-c2ccccc2)c1=O. The van der Waals surface area contributed by atoms with Crippen LogP contribution in [0, 0.1) is 0 Å². The van der Waals surface area contributed by atoms with Gasteiger partial charge in [0.1, 0.15) is 13.1 Å². The molecule has 26 heavy (non-hydrogen) atoms. The quantitative estimate of drug-likeness (QED) is 0.555. The average Bonchev–Trinajstić information content (AvgIpc) is 2.67. The predicted octanol–water partition coefficient (Wildman–Crippen LogP) is 0.898. The third-order valence-electron chi connectivity index (χ3n) is 4.53. The minimum absolute atomic E-state index is 0.134. The minimum atomic E-state index is -0.174. The zero-order chi connectivity index (χ0) is 18.4. The van der Waals surface area contributed by atoms with Gasteiger partial charge in [0, 0.05) is 0 Å². The molecule has 0 saturated carbocycles. The minimum Gasteiger partial charge on any atom is -0.493 e. The zero-order valence-corrected chi connectivity index (χ0v) is 15.9. The molecule has 1 aliphatic rings. The van der Waals surface area contributed by atoms with Crippen LogP contribution in [0.25, 0.3) is 5.69 Å². The Bertz CT molecular complexity index is 774. The van der Waals surface area contributed by atoms with Gasteiger partial charge in [-0.2, -0.15) is 4.98 Å². The highest BCUT2D eigenvalue weighted by Crippen LogP contribution is 2.22. The number of nitrogens with one attached hydrogen (secondary N) is 1. The van der Waals surface area contributed by atoms with E-state index in [0.717, 1.165) is 50.7 Å². The lowest BCUT2D eigenvalue weighted by atomic mass is 10.2. The largest absolute Gasteiger partial charge is 0.493 e. The fraction of sp³-hybridized carbons (Fsp3) is 0.474. The molecule has 1 aromatic carbocycles. The van der Waals surface area contributed by atoms with Crippen molar-refractivity contribution in [3.8, 4) is 11.6 Å². The van der Waals surface area contributed by atoms with Gasteiger partial charge in [-0.25, -0.2) is 0 Å². The number of ether oxygens (including phenoxy) is 1. The summed E-state index contributed by atoms with van der Waals surface area (Å²) in [5.74, 6) is 0.700. The number of nitrogens with zero attached hydrogens (tertiary/aromatic N) is 2. The van der Waals surface area contributed by atoms with E-state index in [4.69, 9.17) is 4.74 Å². The first-order chi connectivity index (χ1) is 12.7. The summed E-state index contributed by atoms with van der Waals surface area (Å²) < 4.78 is 7.02. The van der Waals surface area contributed by atoms with Crippen LogP contribution in [0.4, 0.5) is 0 Å². The van der Waals surface area contributed by atoms with E-state index in [-0.39, 0.29) is 11.4 Å². The molecule has 6 nitrogen and oxygen atoms in total. The first-order valence-corrected chi connectivity index (χ1v) is 10.1. The third-order valence-corrected chi connectivity index (χ3v) is 5.47. The zero-order valence-electron chi connectivity index (χ0n) is 15.1. The van der Waals surface area contributed by atoms with E-state index in [1.54, 1.807) is 4.57 Å². The number of quaternary nitrogens is 1. The van der Waals surface area contributed by atoms with E-state index in [2.05, 4.69) is 4.98 Å². The van der Waals surface area contributed by atoms with E-state index < -0.39 is 0 Å². The second kappa shape index (κ2) is 9.21. The van der Waals surface area contributed by atoms with Gasteiger partial charge in [-0.3, -0.25) is 9.36 Å². The summed E-state index contributed by atoms with van der Waals surface area (Å²) in [5.41, 5.74) is 0.995. The number of rotatable bonds is 7. The molecule has 7 heteroatoms. The van der Waals surface area contributed by atoms with Crippen molar-refractivity contribution >= 4 is 11.8 Å². The molecule has 0 unspecified atom stereocenters. The number of aromatic hydroxyl groups is 1. The van der Waals surface area contributed by atoms with Crippen molar-refractivity contribution < 1.29 is 14.7 Å². The molecule has 0 spiro atoms. The van der Waals surface area contributed by atoms with Crippen LogP contribution in [0.1, 0.15) is 18.9 Å². The Hall–Kier alpha value is -1.83. The van der Waals surface area contributed by atoms with Crippen molar-refractivity contribution in [3.05, 3.63) is 46.2 Å². The molecule has 0 amide bonds. The highest BCUT2D eigenvalue weighted by Gasteiger charge is 2.19. The molecular weight excluding hydrogens is 350 g/mol. The van der Waals surface area contributed by atoms with E-state index in [1.165, 1.54) is 16.7 Å².